The average Bonchev–Trinajstić information content (AvgIpc) is 3.05. The van der Waals surface area contributed by atoms with Crippen LogP contribution >= 0.6 is 11.3 Å². The Morgan fingerprint density at radius 3 is 2.79 bits per heavy atom. The quantitative estimate of drug-likeness (QED) is 0.764. The van der Waals surface area contributed by atoms with Gasteiger partial charge in [0, 0.05) is 13.1 Å². The van der Waals surface area contributed by atoms with E-state index in [0.29, 0.717) is 18.7 Å². The van der Waals surface area contributed by atoms with Crippen LogP contribution in [0.2, 0.25) is 0 Å². The van der Waals surface area contributed by atoms with Crippen molar-refractivity contribution in [3.63, 3.8) is 0 Å². The minimum Gasteiger partial charge on any atom is -0.452 e. The second kappa shape index (κ2) is 8.39. The highest BCUT2D eigenvalue weighted by molar-refractivity contribution is 7.16. The van der Waals surface area contributed by atoms with Crippen molar-refractivity contribution in [2.45, 2.75) is 13.8 Å². The number of rotatable bonds is 7. The van der Waals surface area contributed by atoms with Crippen molar-refractivity contribution in [1.82, 2.24) is 15.2 Å². The van der Waals surface area contributed by atoms with Gasteiger partial charge in [-0.25, -0.2) is 9.78 Å². The predicted octanol–water partition coefficient (Wildman–Crippen LogP) is 1.44. The van der Waals surface area contributed by atoms with E-state index in [1.807, 2.05) is 0 Å². The van der Waals surface area contributed by atoms with E-state index in [1.165, 1.54) is 16.2 Å². The molecule has 24 heavy (non-hydrogen) atoms. The van der Waals surface area contributed by atoms with E-state index >= 15 is 0 Å². The first-order valence-corrected chi connectivity index (χ1v) is 8.48. The third kappa shape index (κ3) is 4.51. The maximum Gasteiger partial charge on any atom is 0.338 e. The molecule has 0 saturated heterocycles. The molecule has 0 aliphatic carbocycles. The van der Waals surface area contributed by atoms with Gasteiger partial charge in [0.1, 0.15) is 0 Å². The number of hydrogen-bond donors (Lipinski definition) is 1. The van der Waals surface area contributed by atoms with Crippen LogP contribution in [-0.2, 0) is 14.3 Å². The molecule has 2 aromatic rings. The molecule has 0 saturated carbocycles. The summed E-state index contributed by atoms with van der Waals surface area (Å²) in [5.41, 5.74) is 2.88. The second-order valence-electron chi connectivity index (χ2n) is 4.97. The number of amides is 2. The molecule has 2 rings (SSSR count). The molecule has 1 heterocycles. The summed E-state index contributed by atoms with van der Waals surface area (Å²) in [5, 5.41) is 2.63. The standard InChI is InChI=1S/C16H19N3O4S/c1-3-17-14(20)8-19(4-2)15(21)9-23-16(22)11-5-6-12-13(7-11)24-10-18-12/h5-7,10H,3-4,8-9H2,1-2H3,(H,17,20). The van der Waals surface area contributed by atoms with Gasteiger partial charge in [-0.15, -0.1) is 11.3 Å². The molecule has 1 N–H and O–H groups in total. The molecule has 0 unspecified atom stereocenters. The Labute approximate surface area is 143 Å². The van der Waals surface area contributed by atoms with Crippen molar-refractivity contribution in [3.05, 3.63) is 29.3 Å². The highest BCUT2D eigenvalue weighted by Gasteiger charge is 2.18. The Balaban J connectivity index is 1.91. The Morgan fingerprint density at radius 2 is 2.08 bits per heavy atom. The zero-order valence-electron chi connectivity index (χ0n) is 13.6. The molecule has 0 atom stereocenters. The van der Waals surface area contributed by atoms with Crippen molar-refractivity contribution >= 4 is 39.3 Å². The van der Waals surface area contributed by atoms with Crippen molar-refractivity contribution in [1.29, 1.82) is 0 Å². The summed E-state index contributed by atoms with van der Waals surface area (Å²) in [6.45, 7) is 3.98. The first-order valence-electron chi connectivity index (χ1n) is 7.60. The van der Waals surface area contributed by atoms with Crippen LogP contribution in [-0.4, -0.2) is 53.9 Å². The highest BCUT2D eigenvalue weighted by Crippen LogP contribution is 2.19. The van der Waals surface area contributed by atoms with Gasteiger partial charge in [0.25, 0.3) is 5.91 Å². The van der Waals surface area contributed by atoms with Crippen LogP contribution in [0.25, 0.3) is 10.2 Å². The highest BCUT2D eigenvalue weighted by atomic mass is 32.1. The van der Waals surface area contributed by atoms with Gasteiger partial charge in [-0.1, -0.05) is 0 Å². The largest absolute Gasteiger partial charge is 0.452 e. The monoisotopic (exact) mass is 349 g/mol. The molecule has 7 nitrogen and oxygen atoms in total. The smallest absolute Gasteiger partial charge is 0.338 e. The molecule has 0 aliphatic heterocycles. The zero-order valence-corrected chi connectivity index (χ0v) is 14.4. The molecule has 0 fully saturated rings. The third-order valence-electron chi connectivity index (χ3n) is 3.34. The van der Waals surface area contributed by atoms with E-state index in [2.05, 4.69) is 10.3 Å². The molecule has 0 aliphatic rings. The van der Waals surface area contributed by atoms with Crippen LogP contribution < -0.4 is 5.32 Å². The Kier molecular flexibility index (Phi) is 6.25. The Morgan fingerprint density at radius 1 is 1.29 bits per heavy atom. The summed E-state index contributed by atoms with van der Waals surface area (Å²) in [6.07, 6.45) is 0. The summed E-state index contributed by atoms with van der Waals surface area (Å²) in [5.74, 6) is -1.22. The van der Waals surface area contributed by atoms with E-state index in [-0.39, 0.29) is 12.5 Å². The molecule has 0 bridgehead atoms. The lowest BCUT2D eigenvalue weighted by atomic mass is 10.2. The fraction of sp³-hybridized carbons (Fsp3) is 0.375. The van der Waals surface area contributed by atoms with E-state index in [1.54, 1.807) is 37.6 Å². The van der Waals surface area contributed by atoms with Gasteiger partial charge in [0.15, 0.2) is 6.61 Å². The summed E-state index contributed by atoms with van der Waals surface area (Å²) in [6, 6.07) is 5.03. The number of carbonyl (C=O) groups excluding carboxylic acids is 3. The van der Waals surface area contributed by atoms with Crippen LogP contribution in [0.5, 0.6) is 0 Å². The maximum absolute atomic E-state index is 12.1. The van der Waals surface area contributed by atoms with Crippen molar-refractivity contribution in [2.75, 3.05) is 26.2 Å². The van der Waals surface area contributed by atoms with Crippen molar-refractivity contribution in [2.24, 2.45) is 0 Å². The SMILES string of the molecule is CCNC(=O)CN(CC)C(=O)COC(=O)c1ccc2ncsc2c1. The Hall–Kier alpha value is -2.48. The minimum atomic E-state index is -0.576. The summed E-state index contributed by atoms with van der Waals surface area (Å²) >= 11 is 1.42. The average molecular weight is 349 g/mol. The van der Waals surface area contributed by atoms with Crippen molar-refractivity contribution in [3.8, 4) is 0 Å². The van der Waals surface area contributed by atoms with E-state index in [0.717, 1.165) is 10.2 Å². The van der Waals surface area contributed by atoms with Gasteiger partial charge in [0.2, 0.25) is 5.91 Å². The summed E-state index contributed by atoms with van der Waals surface area (Å²) < 4.78 is 5.94. The van der Waals surface area contributed by atoms with Gasteiger partial charge in [-0.2, -0.15) is 0 Å². The van der Waals surface area contributed by atoms with Gasteiger partial charge >= 0.3 is 5.97 Å². The summed E-state index contributed by atoms with van der Waals surface area (Å²) in [7, 11) is 0. The van der Waals surface area contributed by atoms with E-state index < -0.39 is 18.5 Å². The third-order valence-corrected chi connectivity index (χ3v) is 4.13. The molecular formula is C16H19N3O4S. The number of carbonyl (C=O) groups is 3. The first kappa shape index (κ1) is 17.9. The molecule has 0 spiro atoms. The number of thiazole rings is 1. The zero-order chi connectivity index (χ0) is 17.5. The second-order valence-corrected chi connectivity index (χ2v) is 5.86. The number of benzene rings is 1. The fourth-order valence-electron chi connectivity index (χ4n) is 2.09. The topological polar surface area (TPSA) is 88.6 Å². The number of esters is 1. The number of hydrogen-bond acceptors (Lipinski definition) is 6. The molecule has 8 heteroatoms. The summed E-state index contributed by atoms with van der Waals surface area (Å²) in [4.78, 5) is 41.2. The first-order chi connectivity index (χ1) is 11.5. The number of nitrogens with zero attached hydrogens (tertiary/aromatic N) is 2. The maximum atomic E-state index is 12.1. The van der Waals surface area contributed by atoms with Gasteiger partial charge < -0.3 is 15.0 Å². The number of fused-ring (bicyclic) bond motifs is 1. The lowest BCUT2D eigenvalue weighted by Crippen LogP contribution is -2.42. The van der Waals surface area contributed by atoms with Crippen LogP contribution in [0.4, 0.5) is 0 Å². The van der Waals surface area contributed by atoms with Crippen molar-refractivity contribution < 1.29 is 19.1 Å². The molecular weight excluding hydrogens is 330 g/mol. The number of aromatic nitrogens is 1. The number of nitrogens with one attached hydrogen (secondary N) is 1. The van der Waals surface area contributed by atoms with Gasteiger partial charge in [0.05, 0.1) is 27.8 Å². The Bertz CT molecular complexity index is 744. The van der Waals surface area contributed by atoms with E-state index in [4.69, 9.17) is 4.74 Å². The lowest BCUT2D eigenvalue weighted by Gasteiger charge is -2.20. The van der Waals surface area contributed by atoms with Gasteiger partial charge in [-0.3, -0.25) is 9.59 Å². The molecule has 1 aromatic heterocycles. The fourth-order valence-corrected chi connectivity index (χ4v) is 2.80. The number of likely N-dealkylation sites (N-methyl/N-ethyl adjacent to an activating group) is 2. The normalized spacial score (nSPS) is 10.4. The molecule has 2 amide bonds. The van der Waals surface area contributed by atoms with Gasteiger partial charge in [-0.05, 0) is 32.0 Å². The van der Waals surface area contributed by atoms with Crippen LogP contribution in [0.15, 0.2) is 23.7 Å². The molecule has 128 valence electrons. The molecule has 1 aromatic carbocycles. The van der Waals surface area contributed by atoms with Crippen LogP contribution in [0.3, 0.4) is 0 Å². The number of ether oxygens (including phenoxy) is 1. The van der Waals surface area contributed by atoms with Crippen LogP contribution in [0, 0.1) is 0 Å². The lowest BCUT2D eigenvalue weighted by molar-refractivity contribution is -0.138. The predicted molar refractivity (Wildman–Crippen MR) is 90.8 cm³/mol. The van der Waals surface area contributed by atoms with E-state index in [9.17, 15) is 14.4 Å². The minimum absolute atomic E-state index is 0.0481. The van der Waals surface area contributed by atoms with Crippen LogP contribution in [0.1, 0.15) is 24.2 Å². The molecule has 0 radical (unpaired) electrons.